The fourth-order valence-electron chi connectivity index (χ4n) is 7.51. The Hall–Kier alpha value is 0.0700. The minimum Gasteiger partial charge on any atom is -0.385 e. The molecule has 146 valence electrons. The standard InChI is InChI=1S/C22H34O2S2/c1-13-3-6-17-16-5-4-14-9-19(23)20(24)11-22(14,10-15(26)12-25)18(16)7-8-21(13,17)2/h9,13,15-18,20,24-26H,3-8,10-12H2,1-2H3/t13?,15?,16-,17-,18+,20?,21+,22-/m0/s1. The van der Waals surface area contributed by atoms with E-state index in [1.807, 2.05) is 6.08 Å². The number of hydrogen-bond donors (Lipinski definition) is 3. The van der Waals surface area contributed by atoms with Crippen LogP contribution < -0.4 is 0 Å². The Balaban J connectivity index is 1.73. The quantitative estimate of drug-likeness (QED) is 0.606. The zero-order valence-electron chi connectivity index (χ0n) is 16.2. The number of fused-ring (bicyclic) bond motifs is 5. The van der Waals surface area contributed by atoms with E-state index in [0.29, 0.717) is 17.8 Å². The van der Waals surface area contributed by atoms with Crippen molar-refractivity contribution >= 4 is 31.0 Å². The minimum atomic E-state index is -0.825. The first kappa shape index (κ1) is 19.4. The first-order chi connectivity index (χ1) is 12.3. The van der Waals surface area contributed by atoms with E-state index in [-0.39, 0.29) is 16.4 Å². The van der Waals surface area contributed by atoms with Gasteiger partial charge in [-0.3, -0.25) is 4.79 Å². The van der Waals surface area contributed by atoms with E-state index in [9.17, 15) is 9.90 Å². The van der Waals surface area contributed by atoms with Gasteiger partial charge in [0.1, 0.15) is 6.10 Å². The molecule has 4 aliphatic carbocycles. The van der Waals surface area contributed by atoms with Gasteiger partial charge in [-0.1, -0.05) is 19.4 Å². The van der Waals surface area contributed by atoms with Crippen LogP contribution in [0.5, 0.6) is 0 Å². The van der Waals surface area contributed by atoms with E-state index >= 15 is 0 Å². The summed E-state index contributed by atoms with van der Waals surface area (Å²) in [7, 11) is 0. The molecule has 0 aromatic rings. The van der Waals surface area contributed by atoms with Crippen LogP contribution in [-0.4, -0.2) is 28.0 Å². The zero-order chi connectivity index (χ0) is 18.7. The third-order valence-corrected chi connectivity index (χ3v) is 10.1. The van der Waals surface area contributed by atoms with Crippen molar-refractivity contribution in [2.45, 2.75) is 76.6 Å². The monoisotopic (exact) mass is 394 g/mol. The lowest BCUT2D eigenvalue weighted by Gasteiger charge is -2.60. The molecule has 3 fully saturated rings. The Morgan fingerprint density at radius 3 is 2.77 bits per heavy atom. The van der Waals surface area contributed by atoms with Gasteiger partial charge in [-0.2, -0.15) is 25.3 Å². The van der Waals surface area contributed by atoms with Gasteiger partial charge in [-0.15, -0.1) is 0 Å². The molecule has 4 heteroatoms. The average molecular weight is 395 g/mol. The van der Waals surface area contributed by atoms with E-state index in [1.165, 1.54) is 37.7 Å². The van der Waals surface area contributed by atoms with Gasteiger partial charge in [0.05, 0.1) is 0 Å². The van der Waals surface area contributed by atoms with Crippen molar-refractivity contribution in [3.63, 3.8) is 0 Å². The highest BCUT2D eigenvalue weighted by atomic mass is 32.1. The van der Waals surface area contributed by atoms with Crippen molar-refractivity contribution in [2.24, 2.45) is 34.5 Å². The highest BCUT2D eigenvalue weighted by Crippen LogP contribution is 2.67. The van der Waals surface area contributed by atoms with Gasteiger partial charge in [0.25, 0.3) is 0 Å². The number of rotatable bonds is 3. The Morgan fingerprint density at radius 1 is 1.27 bits per heavy atom. The number of carbonyl (C=O) groups excluding carboxylic acids is 1. The van der Waals surface area contributed by atoms with Crippen LogP contribution in [0.1, 0.15) is 65.2 Å². The fourth-order valence-corrected chi connectivity index (χ4v) is 7.97. The molecule has 1 N–H and O–H groups in total. The Kier molecular flexibility index (Phi) is 5.10. The molecule has 2 nitrogen and oxygen atoms in total. The zero-order valence-corrected chi connectivity index (χ0v) is 17.9. The van der Waals surface area contributed by atoms with Crippen LogP contribution in [0.2, 0.25) is 0 Å². The van der Waals surface area contributed by atoms with E-state index in [2.05, 4.69) is 26.5 Å². The summed E-state index contributed by atoms with van der Waals surface area (Å²) in [6, 6.07) is 0. The fraction of sp³-hybridized carbons (Fsp3) is 0.864. The van der Waals surface area contributed by atoms with Crippen LogP contribution >= 0.6 is 25.3 Å². The lowest BCUT2D eigenvalue weighted by Crippen LogP contribution is -2.54. The normalized spacial score (nSPS) is 49.0. The number of aliphatic hydroxyl groups excluding tert-OH is 1. The first-order valence-corrected chi connectivity index (χ1v) is 11.7. The maximum atomic E-state index is 12.2. The summed E-state index contributed by atoms with van der Waals surface area (Å²) in [6.45, 7) is 5.00. The molecular weight excluding hydrogens is 360 g/mol. The second-order valence-electron chi connectivity index (χ2n) is 9.93. The molecule has 0 bridgehead atoms. The SMILES string of the molecule is CC1CC[C@H]2[C@@H]3CCC4=CC(=O)C(O)C[C@]4(CC(S)CS)[C@@H]3CC[C@]12C. The predicted octanol–water partition coefficient (Wildman–Crippen LogP) is 4.72. The lowest BCUT2D eigenvalue weighted by atomic mass is 9.45. The van der Waals surface area contributed by atoms with E-state index < -0.39 is 6.10 Å². The Morgan fingerprint density at radius 2 is 2.04 bits per heavy atom. The molecule has 4 rings (SSSR count). The third-order valence-electron chi connectivity index (χ3n) is 9.02. The van der Waals surface area contributed by atoms with Crippen LogP contribution in [0, 0.1) is 34.5 Å². The number of hydrogen-bond acceptors (Lipinski definition) is 4. The van der Waals surface area contributed by atoms with Crippen LogP contribution in [0.15, 0.2) is 11.6 Å². The van der Waals surface area contributed by atoms with Crippen molar-refractivity contribution < 1.29 is 9.90 Å². The molecule has 26 heavy (non-hydrogen) atoms. The highest BCUT2D eigenvalue weighted by molar-refractivity contribution is 7.84. The number of thiol groups is 2. The molecule has 0 aromatic carbocycles. The van der Waals surface area contributed by atoms with E-state index in [4.69, 9.17) is 12.6 Å². The number of carbonyl (C=O) groups is 1. The summed E-state index contributed by atoms with van der Waals surface area (Å²) >= 11 is 9.28. The summed E-state index contributed by atoms with van der Waals surface area (Å²) in [4.78, 5) is 12.2. The van der Waals surface area contributed by atoms with E-state index in [1.54, 1.807) is 0 Å². The smallest absolute Gasteiger partial charge is 0.184 e. The predicted molar refractivity (Wildman–Crippen MR) is 113 cm³/mol. The minimum absolute atomic E-state index is 0.0292. The summed E-state index contributed by atoms with van der Waals surface area (Å²) in [6.07, 6.45) is 10.1. The van der Waals surface area contributed by atoms with Crippen molar-refractivity contribution in [1.82, 2.24) is 0 Å². The topological polar surface area (TPSA) is 37.3 Å². The second kappa shape index (κ2) is 6.84. The molecule has 4 aliphatic rings. The Bertz CT molecular complexity index is 617. The summed E-state index contributed by atoms with van der Waals surface area (Å²) < 4.78 is 0. The molecule has 0 amide bonds. The molecule has 0 aliphatic heterocycles. The third kappa shape index (κ3) is 2.76. The molecule has 3 saturated carbocycles. The van der Waals surface area contributed by atoms with Crippen LogP contribution in [0.25, 0.3) is 0 Å². The average Bonchev–Trinajstić information content (AvgIpc) is 2.91. The summed E-state index contributed by atoms with van der Waals surface area (Å²) in [5, 5.41) is 10.7. The van der Waals surface area contributed by atoms with Gasteiger partial charge >= 0.3 is 0 Å². The highest BCUT2D eigenvalue weighted by Gasteiger charge is 2.60. The first-order valence-electron chi connectivity index (χ1n) is 10.5. The van der Waals surface area contributed by atoms with E-state index in [0.717, 1.165) is 36.3 Å². The molecule has 8 atom stereocenters. The van der Waals surface area contributed by atoms with Gasteiger partial charge in [0.2, 0.25) is 0 Å². The van der Waals surface area contributed by atoms with Crippen molar-refractivity contribution in [3.8, 4) is 0 Å². The van der Waals surface area contributed by atoms with Gasteiger partial charge in [0, 0.05) is 11.0 Å². The van der Waals surface area contributed by atoms with Crippen LogP contribution in [0.4, 0.5) is 0 Å². The van der Waals surface area contributed by atoms with Crippen molar-refractivity contribution in [2.75, 3.05) is 5.75 Å². The number of allylic oxidation sites excluding steroid dienone is 1. The van der Waals surface area contributed by atoms with Crippen molar-refractivity contribution in [1.29, 1.82) is 0 Å². The van der Waals surface area contributed by atoms with Crippen molar-refractivity contribution in [3.05, 3.63) is 11.6 Å². The molecule has 3 unspecified atom stereocenters. The van der Waals surface area contributed by atoms with Gasteiger partial charge in [-0.05, 0) is 91.9 Å². The van der Waals surface area contributed by atoms with Crippen LogP contribution in [-0.2, 0) is 4.79 Å². The molecular formula is C22H34O2S2. The molecule has 0 spiro atoms. The maximum Gasteiger partial charge on any atom is 0.184 e. The van der Waals surface area contributed by atoms with Gasteiger partial charge in [-0.25, -0.2) is 0 Å². The van der Waals surface area contributed by atoms with Gasteiger partial charge in [0.15, 0.2) is 5.78 Å². The maximum absolute atomic E-state index is 12.2. The number of aliphatic hydroxyl groups is 1. The summed E-state index contributed by atoms with van der Waals surface area (Å²) in [5.41, 5.74) is 1.79. The molecule has 0 saturated heterocycles. The Labute approximate surface area is 169 Å². The van der Waals surface area contributed by atoms with Crippen LogP contribution in [0.3, 0.4) is 0 Å². The second-order valence-corrected chi connectivity index (χ2v) is 11.0. The number of ketones is 1. The molecule has 0 aromatic heterocycles. The molecule has 0 radical (unpaired) electrons. The van der Waals surface area contributed by atoms with Gasteiger partial charge < -0.3 is 5.11 Å². The largest absolute Gasteiger partial charge is 0.385 e. The lowest BCUT2D eigenvalue weighted by molar-refractivity contribution is -0.129. The summed E-state index contributed by atoms with van der Waals surface area (Å²) in [5.74, 6) is 3.66. The molecule has 0 heterocycles.